The standard InChI is InChI=1S/C19H17F2N3O/c1-24-11-10-22-19(24)18(15-4-2-3-5-16(15)21)23-17(25)12-13-6-8-14(20)9-7-13/h2-11,18H,12H2,1H3,(H,23,25)/t18-/m0/s1. The first-order valence-corrected chi connectivity index (χ1v) is 7.80. The van der Waals surface area contributed by atoms with E-state index in [-0.39, 0.29) is 18.1 Å². The third-order valence-electron chi connectivity index (χ3n) is 3.92. The smallest absolute Gasteiger partial charge is 0.225 e. The van der Waals surface area contributed by atoms with Crippen molar-refractivity contribution in [3.8, 4) is 0 Å². The van der Waals surface area contributed by atoms with Crippen molar-refractivity contribution in [2.45, 2.75) is 12.5 Å². The van der Waals surface area contributed by atoms with Gasteiger partial charge < -0.3 is 9.88 Å². The molecule has 1 amide bonds. The Hall–Kier alpha value is -3.02. The van der Waals surface area contributed by atoms with Gasteiger partial charge in [-0.25, -0.2) is 13.8 Å². The van der Waals surface area contributed by atoms with E-state index in [4.69, 9.17) is 0 Å². The first kappa shape index (κ1) is 16.8. The number of hydrogen-bond acceptors (Lipinski definition) is 2. The fourth-order valence-corrected chi connectivity index (χ4v) is 2.65. The molecular weight excluding hydrogens is 324 g/mol. The van der Waals surface area contributed by atoms with Crippen LogP contribution in [-0.2, 0) is 18.3 Å². The number of halogens is 2. The summed E-state index contributed by atoms with van der Waals surface area (Å²) in [6.45, 7) is 0. The van der Waals surface area contributed by atoms with Gasteiger partial charge in [0.25, 0.3) is 0 Å². The molecule has 0 spiro atoms. The number of carbonyl (C=O) groups is 1. The molecule has 1 atom stereocenters. The van der Waals surface area contributed by atoms with Crippen molar-refractivity contribution >= 4 is 5.91 Å². The number of imidazole rings is 1. The molecule has 25 heavy (non-hydrogen) atoms. The van der Waals surface area contributed by atoms with Gasteiger partial charge in [0.15, 0.2) is 0 Å². The highest BCUT2D eigenvalue weighted by Gasteiger charge is 2.23. The summed E-state index contributed by atoms with van der Waals surface area (Å²) >= 11 is 0. The average Bonchev–Trinajstić information content (AvgIpc) is 3.01. The van der Waals surface area contributed by atoms with Gasteiger partial charge in [-0.05, 0) is 23.8 Å². The van der Waals surface area contributed by atoms with Crippen molar-refractivity contribution in [2.75, 3.05) is 0 Å². The summed E-state index contributed by atoms with van der Waals surface area (Å²) < 4.78 is 29.0. The minimum atomic E-state index is -0.714. The molecule has 0 saturated heterocycles. The van der Waals surface area contributed by atoms with Crippen LogP contribution < -0.4 is 5.32 Å². The highest BCUT2D eigenvalue weighted by atomic mass is 19.1. The van der Waals surface area contributed by atoms with Crippen molar-refractivity contribution in [3.05, 3.63) is 89.5 Å². The summed E-state index contributed by atoms with van der Waals surface area (Å²) in [7, 11) is 1.78. The molecule has 6 heteroatoms. The zero-order valence-corrected chi connectivity index (χ0v) is 13.6. The third kappa shape index (κ3) is 3.91. The van der Waals surface area contributed by atoms with Gasteiger partial charge in [-0.15, -0.1) is 0 Å². The zero-order chi connectivity index (χ0) is 17.8. The van der Waals surface area contributed by atoms with Crippen LogP contribution in [0.5, 0.6) is 0 Å². The van der Waals surface area contributed by atoms with Crippen molar-refractivity contribution < 1.29 is 13.6 Å². The van der Waals surface area contributed by atoms with Crippen molar-refractivity contribution in [3.63, 3.8) is 0 Å². The zero-order valence-electron chi connectivity index (χ0n) is 13.6. The number of aryl methyl sites for hydroxylation is 1. The lowest BCUT2D eigenvalue weighted by Crippen LogP contribution is -2.32. The lowest BCUT2D eigenvalue weighted by molar-refractivity contribution is -0.121. The molecule has 0 fully saturated rings. The molecule has 1 heterocycles. The Morgan fingerprint density at radius 2 is 1.88 bits per heavy atom. The van der Waals surface area contributed by atoms with E-state index in [0.29, 0.717) is 17.0 Å². The number of aromatic nitrogens is 2. The Bertz CT molecular complexity index is 874. The Morgan fingerprint density at radius 1 is 1.16 bits per heavy atom. The van der Waals surface area contributed by atoms with Gasteiger partial charge in [-0.3, -0.25) is 4.79 Å². The largest absolute Gasteiger partial charge is 0.342 e. The maximum absolute atomic E-state index is 14.3. The van der Waals surface area contributed by atoms with Gasteiger partial charge in [0.1, 0.15) is 23.5 Å². The Labute approximate surface area is 144 Å². The van der Waals surface area contributed by atoms with Gasteiger partial charge in [-0.1, -0.05) is 30.3 Å². The first-order chi connectivity index (χ1) is 12.0. The van der Waals surface area contributed by atoms with Gasteiger partial charge in [0, 0.05) is 25.0 Å². The number of nitrogens with zero attached hydrogens (tertiary/aromatic N) is 2. The second-order valence-corrected chi connectivity index (χ2v) is 5.72. The highest BCUT2D eigenvalue weighted by molar-refractivity contribution is 5.79. The van der Waals surface area contributed by atoms with Crippen LogP contribution in [0.1, 0.15) is 23.0 Å². The summed E-state index contributed by atoms with van der Waals surface area (Å²) in [5, 5.41) is 2.82. The van der Waals surface area contributed by atoms with Crippen molar-refractivity contribution in [2.24, 2.45) is 7.05 Å². The summed E-state index contributed by atoms with van der Waals surface area (Å²) in [6.07, 6.45) is 3.39. The fraction of sp³-hybridized carbons (Fsp3) is 0.158. The van der Waals surface area contributed by atoms with Gasteiger partial charge >= 0.3 is 0 Å². The first-order valence-electron chi connectivity index (χ1n) is 7.80. The predicted molar refractivity (Wildman–Crippen MR) is 89.7 cm³/mol. The van der Waals surface area contributed by atoms with Gasteiger partial charge in [-0.2, -0.15) is 0 Å². The van der Waals surface area contributed by atoms with E-state index in [9.17, 15) is 13.6 Å². The second kappa shape index (κ2) is 7.25. The summed E-state index contributed by atoms with van der Waals surface area (Å²) in [4.78, 5) is 16.7. The lowest BCUT2D eigenvalue weighted by atomic mass is 10.0. The van der Waals surface area contributed by atoms with E-state index in [1.807, 2.05) is 0 Å². The van der Waals surface area contributed by atoms with Crippen molar-refractivity contribution in [1.29, 1.82) is 0 Å². The van der Waals surface area contributed by atoms with Crippen LogP contribution >= 0.6 is 0 Å². The topological polar surface area (TPSA) is 46.9 Å². The summed E-state index contributed by atoms with van der Waals surface area (Å²) in [5.74, 6) is -0.556. The molecule has 0 bridgehead atoms. The fourth-order valence-electron chi connectivity index (χ4n) is 2.65. The minimum Gasteiger partial charge on any atom is -0.342 e. The Morgan fingerprint density at radius 3 is 2.52 bits per heavy atom. The molecule has 1 aromatic heterocycles. The van der Waals surface area contributed by atoms with E-state index in [1.54, 1.807) is 54.3 Å². The number of carbonyl (C=O) groups excluding carboxylic acids is 1. The Balaban J connectivity index is 1.85. The second-order valence-electron chi connectivity index (χ2n) is 5.72. The number of nitrogens with one attached hydrogen (secondary N) is 1. The van der Waals surface area contributed by atoms with E-state index in [2.05, 4.69) is 10.3 Å². The van der Waals surface area contributed by atoms with Crippen LogP contribution in [0.3, 0.4) is 0 Å². The molecule has 128 valence electrons. The predicted octanol–water partition coefficient (Wildman–Crippen LogP) is 3.15. The molecule has 4 nitrogen and oxygen atoms in total. The van der Waals surface area contributed by atoms with E-state index in [0.717, 1.165) is 0 Å². The van der Waals surface area contributed by atoms with Crippen LogP contribution in [0.4, 0.5) is 8.78 Å². The maximum Gasteiger partial charge on any atom is 0.225 e. The normalized spacial score (nSPS) is 12.0. The molecular formula is C19H17F2N3O. The molecule has 3 rings (SSSR count). The van der Waals surface area contributed by atoms with Crippen LogP contribution in [-0.4, -0.2) is 15.5 Å². The lowest BCUT2D eigenvalue weighted by Gasteiger charge is -2.19. The summed E-state index contributed by atoms with van der Waals surface area (Å²) in [6, 6.07) is 11.3. The highest BCUT2D eigenvalue weighted by Crippen LogP contribution is 2.23. The summed E-state index contributed by atoms with van der Waals surface area (Å²) in [5.41, 5.74) is 1.01. The SMILES string of the molecule is Cn1ccnc1[C@@H](NC(=O)Cc1ccc(F)cc1)c1ccccc1F. The molecule has 0 aliphatic carbocycles. The minimum absolute atomic E-state index is 0.0651. The Kier molecular flexibility index (Phi) is 4.88. The number of amides is 1. The van der Waals surface area contributed by atoms with Crippen LogP contribution in [0.2, 0.25) is 0 Å². The number of benzene rings is 2. The van der Waals surface area contributed by atoms with Crippen LogP contribution in [0, 0.1) is 11.6 Å². The molecule has 2 aromatic carbocycles. The number of rotatable bonds is 5. The quantitative estimate of drug-likeness (QED) is 0.775. The molecule has 0 aliphatic heterocycles. The van der Waals surface area contributed by atoms with Gasteiger partial charge in [0.2, 0.25) is 5.91 Å². The van der Waals surface area contributed by atoms with Crippen molar-refractivity contribution in [1.82, 2.24) is 14.9 Å². The average molecular weight is 341 g/mol. The number of hydrogen-bond donors (Lipinski definition) is 1. The van der Waals surface area contributed by atoms with Crippen LogP contribution in [0.15, 0.2) is 60.9 Å². The van der Waals surface area contributed by atoms with Gasteiger partial charge in [0.05, 0.1) is 6.42 Å². The molecule has 0 saturated carbocycles. The molecule has 0 radical (unpaired) electrons. The van der Waals surface area contributed by atoms with Crippen LogP contribution in [0.25, 0.3) is 0 Å². The maximum atomic E-state index is 14.3. The molecule has 0 unspecified atom stereocenters. The third-order valence-corrected chi connectivity index (χ3v) is 3.92. The van der Waals surface area contributed by atoms with E-state index in [1.165, 1.54) is 18.2 Å². The monoisotopic (exact) mass is 341 g/mol. The molecule has 0 aliphatic rings. The molecule has 3 aromatic rings. The molecule has 1 N–H and O–H groups in total. The van der Waals surface area contributed by atoms with E-state index < -0.39 is 11.9 Å². The van der Waals surface area contributed by atoms with E-state index >= 15 is 0 Å².